The molecule has 0 atom stereocenters. The molecule has 10 heteroatoms. The van der Waals surface area contributed by atoms with E-state index in [4.69, 9.17) is 5.11 Å². The number of aromatic nitrogens is 3. The highest BCUT2D eigenvalue weighted by atomic mass is 32.1. The predicted molar refractivity (Wildman–Crippen MR) is 127 cm³/mol. The van der Waals surface area contributed by atoms with Crippen LogP contribution in [0.15, 0.2) is 42.7 Å². The van der Waals surface area contributed by atoms with Crippen LogP contribution in [-0.4, -0.2) is 52.1 Å². The van der Waals surface area contributed by atoms with Gasteiger partial charge in [-0.1, -0.05) is 37.7 Å². The molecule has 0 aliphatic rings. The average Bonchev–Trinajstić information content (AvgIpc) is 3.24. The number of likely N-dealkylation sites (N-methyl/N-ethyl adjacent to an activating group) is 1. The van der Waals surface area contributed by atoms with Gasteiger partial charge >= 0.3 is 5.97 Å². The summed E-state index contributed by atoms with van der Waals surface area (Å²) >= 11 is 1.39. The van der Waals surface area contributed by atoms with Crippen LogP contribution < -0.4 is 15.5 Å². The molecule has 0 bridgehead atoms. The second kappa shape index (κ2) is 12.4. The van der Waals surface area contributed by atoms with Gasteiger partial charge in [0.2, 0.25) is 5.91 Å². The van der Waals surface area contributed by atoms with E-state index in [1.54, 1.807) is 24.3 Å². The number of thiazole rings is 1. The number of hydrogen-bond donors (Lipinski definition) is 3. The number of aryl methyl sites for hydroxylation is 1. The number of hydrogen-bond acceptors (Lipinski definition) is 8. The van der Waals surface area contributed by atoms with Crippen molar-refractivity contribution in [3.63, 3.8) is 0 Å². The Morgan fingerprint density at radius 2 is 1.91 bits per heavy atom. The van der Waals surface area contributed by atoms with Crippen LogP contribution in [-0.2, 0) is 9.59 Å². The first-order valence-corrected chi connectivity index (χ1v) is 11.0. The lowest BCUT2D eigenvalue weighted by molar-refractivity contribution is -0.137. The smallest absolute Gasteiger partial charge is 0.322 e. The fraction of sp³-hybridized carbons (Fsp3) is 0.318. The SMILES string of the molecule is CCC.Cc1ccnc(Nc2cccc(-c3cnc(N(C)CC(=O)NCC(=O)O)s3)n2)c1. The van der Waals surface area contributed by atoms with Gasteiger partial charge in [-0.25, -0.2) is 15.0 Å². The van der Waals surface area contributed by atoms with Crippen LogP contribution in [0.3, 0.4) is 0 Å². The zero-order valence-electron chi connectivity index (χ0n) is 18.6. The van der Waals surface area contributed by atoms with Gasteiger partial charge in [0, 0.05) is 19.4 Å². The zero-order valence-corrected chi connectivity index (χ0v) is 19.4. The molecular weight excluding hydrogens is 428 g/mol. The second-order valence-electron chi connectivity index (χ2n) is 6.99. The van der Waals surface area contributed by atoms with Crippen molar-refractivity contribution in [3.05, 3.63) is 48.3 Å². The minimum Gasteiger partial charge on any atom is -0.480 e. The van der Waals surface area contributed by atoms with E-state index >= 15 is 0 Å². The first-order chi connectivity index (χ1) is 15.3. The molecule has 0 spiro atoms. The summed E-state index contributed by atoms with van der Waals surface area (Å²) in [5.41, 5.74) is 1.84. The van der Waals surface area contributed by atoms with Gasteiger partial charge in [0.1, 0.15) is 18.2 Å². The molecule has 9 nitrogen and oxygen atoms in total. The Morgan fingerprint density at radius 3 is 2.59 bits per heavy atom. The highest BCUT2D eigenvalue weighted by Crippen LogP contribution is 2.30. The molecule has 170 valence electrons. The number of carbonyl (C=O) groups is 2. The van der Waals surface area contributed by atoms with Gasteiger partial charge in [0.25, 0.3) is 0 Å². The summed E-state index contributed by atoms with van der Waals surface area (Å²) in [6.45, 7) is 5.84. The van der Waals surface area contributed by atoms with Gasteiger partial charge in [-0.15, -0.1) is 0 Å². The Balaban J connectivity index is 0.00000114. The van der Waals surface area contributed by atoms with E-state index in [1.165, 1.54) is 17.8 Å². The van der Waals surface area contributed by atoms with E-state index in [0.29, 0.717) is 16.8 Å². The van der Waals surface area contributed by atoms with Gasteiger partial charge in [-0.3, -0.25) is 9.59 Å². The van der Waals surface area contributed by atoms with Crippen molar-refractivity contribution < 1.29 is 14.7 Å². The van der Waals surface area contributed by atoms with Gasteiger partial charge < -0.3 is 20.6 Å². The number of carboxylic acids is 1. The molecule has 3 heterocycles. The lowest BCUT2D eigenvalue weighted by Crippen LogP contribution is -2.37. The number of pyridine rings is 2. The van der Waals surface area contributed by atoms with Crippen LogP contribution in [0.25, 0.3) is 10.6 Å². The molecule has 0 aliphatic carbocycles. The maximum absolute atomic E-state index is 11.8. The second-order valence-corrected chi connectivity index (χ2v) is 8.00. The number of anilines is 3. The van der Waals surface area contributed by atoms with Crippen molar-refractivity contribution in [1.29, 1.82) is 0 Å². The normalized spacial score (nSPS) is 10.0. The molecule has 32 heavy (non-hydrogen) atoms. The number of carbonyl (C=O) groups excluding carboxylic acids is 1. The molecule has 0 aromatic carbocycles. The van der Waals surface area contributed by atoms with Crippen LogP contribution in [0.4, 0.5) is 16.8 Å². The molecule has 0 saturated heterocycles. The third-order valence-corrected chi connectivity index (χ3v) is 4.94. The summed E-state index contributed by atoms with van der Waals surface area (Å²) in [6, 6.07) is 9.48. The molecule has 3 N–H and O–H groups in total. The van der Waals surface area contributed by atoms with E-state index in [1.807, 2.05) is 37.3 Å². The van der Waals surface area contributed by atoms with Crippen LogP contribution >= 0.6 is 11.3 Å². The highest BCUT2D eigenvalue weighted by Gasteiger charge is 2.13. The van der Waals surface area contributed by atoms with Crippen LogP contribution in [0.2, 0.25) is 0 Å². The van der Waals surface area contributed by atoms with Gasteiger partial charge in [-0.2, -0.15) is 0 Å². The standard InChI is InChI=1S/C19H20N6O3S.C3H8/c1-12-6-7-20-16(8-12)24-15-5-3-4-13(23-15)14-9-22-19(29-14)25(2)11-17(26)21-10-18(27)28;1-3-2/h3-9H,10-11H2,1-2H3,(H,21,26)(H,27,28)(H,20,23,24);3H2,1-2H3. The number of nitrogens with zero attached hydrogens (tertiary/aromatic N) is 4. The van der Waals surface area contributed by atoms with E-state index in [0.717, 1.165) is 16.1 Å². The number of aliphatic carboxylic acids is 1. The number of nitrogens with one attached hydrogen (secondary N) is 2. The third-order valence-electron chi connectivity index (χ3n) is 3.81. The number of rotatable bonds is 8. The summed E-state index contributed by atoms with van der Waals surface area (Å²) in [7, 11) is 1.72. The Labute approximate surface area is 191 Å². The molecule has 0 radical (unpaired) electrons. The van der Waals surface area contributed by atoms with Crippen LogP contribution in [0.5, 0.6) is 0 Å². The first kappa shape index (κ1) is 24.7. The largest absolute Gasteiger partial charge is 0.480 e. The number of carboxylic acid groups (broad SMARTS) is 1. The van der Waals surface area contributed by atoms with Crippen molar-refractivity contribution in [1.82, 2.24) is 20.3 Å². The summed E-state index contributed by atoms with van der Waals surface area (Å²) in [4.78, 5) is 38.0. The molecule has 0 saturated carbocycles. The maximum atomic E-state index is 11.8. The van der Waals surface area contributed by atoms with Gasteiger partial charge in [0.05, 0.1) is 17.1 Å². The predicted octanol–water partition coefficient (Wildman–Crippen LogP) is 3.71. The fourth-order valence-electron chi connectivity index (χ4n) is 2.45. The summed E-state index contributed by atoms with van der Waals surface area (Å²) < 4.78 is 0. The summed E-state index contributed by atoms with van der Waals surface area (Å²) in [6.07, 6.45) is 4.68. The Kier molecular flexibility index (Phi) is 9.55. The van der Waals surface area contributed by atoms with Crippen LogP contribution in [0.1, 0.15) is 25.8 Å². The minimum absolute atomic E-state index is 0.00822. The van der Waals surface area contributed by atoms with Gasteiger partial charge in [0.15, 0.2) is 5.13 Å². The van der Waals surface area contributed by atoms with Crippen molar-refractivity contribution >= 4 is 40.0 Å². The van der Waals surface area contributed by atoms with E-state index in [2.05, 4.69) is 39.4 Å². The molecule has 0 aliphatic heterocycles. The average molecular weight is 457 g/mol. The molecule has 0 unspecified atom stereocenters. The molecular formula is C22H28N6O3S. The Bertz CT molecular complexity index is 1040. The Hall–Kier alpha value is -3.53. The summed E-state index contributed by atoms with van der Waals surface area (Å²) in [5, 5.41) is 14.8. The highest BCUT2D eigenvalue weighted by molar-refractivity contribution is 7.18. The lowest BCUT2D eigenvalue weighted by Gasteiger charge is -2.14. The maximum Gasteiger partial charge on any atom is 0.322 e. The molecule has 3 aromatic heterocycles. The molecule has 3 rings (SSSR count). The van der Waals surface area contributed by atoms with Crippen molar-refractivity contribution in [3.8, 4) is 10.6 Å². The van der Waals surface area contributed by atoms with Crippen molar-refractivity contribution in [2.24, 2.45) is 0 Å². The molecule has 3 aromatic rings. The number of amides is 1. The minimum atomic E-state index is -1.09. The lowest BCUT2D eigenvalue weighted by atomic mass is 10.3. The Morgan fingerprint density at radius 1 is 1.16 bits per heavy atom. The monoisotopic (exact) mass is 456 g/mol. The van der Waals surface area contributed by atoms with E-state index in [-0.39, 0.29) is 12.5 Å². The molecule has 0 fully saturated rings. The van der Waals surface area contributed by atoms with Gasteiger partial charge in [-0.05, 0) is 36.8 Å². The topological polar surface area (TPSA) is 120 Å². The van der Waals surface area contributed by atoms with E-state index < -0.39 is 12.5 Å². The van der Waals surface area contributed by atoms with Crippen molar-refractivity contribution in [2.45, 2.75) is 27.2 Å². The first-order valence-electron chi connectivity index (χ1n) is 10.1. The quantitative estimate of drug-likeness (QED) is 0.469. The molecule has 1 amide bonds. The van der Waals surface area contributed by atoms with Crippen molar-refractivity contribution in [2.75, 3.05) is 30.4 Å². The fourth-order valence-corrected chi connectivity index (χ4v) is 3.30. The third kappa shape index (κ3) is 7.95. The van der Waals surface area contributed by atoms with Crippen LogP contribution in [0, 0.1) is 6.92 Å². The zero-order chi connectivity index (χ0) is 23.5. The summed E-state index contributed by atoms with van der Waals surface area (Å²) in [5.74, 6) is -0.0942. The van der Waals surface area contributed by atoms with E-state index in [9.17, 15) is 9.59 Å².